The van der Waals surface area contributed by atoms with Crippen molar-refractivity contribution in [1.82, 2.24) is 5.32 Å². The summed E-state index contributed by atoms with van der Waals surface area (Å²) in [5, 5.41) is 11.9. The molecule has 1 unspecified atom stereocenters. The maximum atomic E-state index is 12.6. The molecule has 1 atom stereocenters. The summed E-state index contributed by atoms with van der Waals surface area (Å²) in [6, 6.07) is 16.9. The fourth-order valence-electron chi connectivity index (χ4n) is 2.43. The normalized spacial score (nSPS) is 14.8. The number of benzene rings is 2. The van der Waals surface area contributed by atoms with Gasteiger partial charge < -0.3 is 10.4 Å². The van der Waals surface area contributed by atoms with Crippen LogP contribution in [0.2, 0.25) is 0 Å². The Kier molecular flexibility index (Phi) is 5.20. The topological polar surface area (TPSA) is 66.4 Å². The first kappa shape index (κ1) is 16.6. The molecule has 0 aromatic heterocycles. The number of carboxylic acids is 1. The van der Waals surface area contributed by atoms with E-state index in [1.54, 1.807) is 18.2 Å². The zero-order chi connectivity index (χ0) is 16.9. The van der Waals surface area contributed by atoms with Crippen molar-refractivity contribution < 1.29 is 14.7 Å². The Morgan fingerprint density at radius 2 is 1.88 bits per heavy atom. The van der Waals surface area contributed by atoms with Gasteiger partial charge in [-0.2, -0.15) is 0 Å². The Labute approximate surface area is 145 Å². The third-order valence-corrected chi connectivity index (χ3v) is 5.17. The van der Waals surface area contributed by atoms with E-state index in [0.717, 1.165) is 24.0 Å². The summed E-state index contributed by atoms with van der Waals surface area (Å²) in [4.78, 5) is 23.6. The Morgan fingerprint density at radius 1 is 1.12 bits per heavy atom. The minimum atomic E-state index is -0.937. The maximum Gasteiger partial charge on any atom is 0.335 e. The lowest BCUT2D eigenvalue weighted by atomic mass is 10.1. The molecule has 1 aliphatic carbocycles. The molecule has 0 heterocycles. The summed E-state index contributed by atoms with van der Waals surface area (Å²) in [6.45, 7) is 0. The summed E-state index contributed by atoms with van der Waals surface area (Å²) in [6.07, 6.45) is 2.11. The van der Waals surface area contributed by atoms with E-state index in [1.807, 2.05) is 36.4 Å². The van der Waals surface area contributed by atoms with Gasteiger partial charge in [0.15, 0.2) is 0 Å². The van der Waals surface area contributed by atoms with E-state index >= 15 is 0 Å². The molecular formula is C19H19NO3S. The molecule has 0 saturated heterocycles. The molecule has 1 amide bonds. The summed E-state index contributed by atoms with van der Waals surface area (Å²) in [5.74, 6) is -0.324. The predicted octanol–water partition coefficient (Wildman–Crippen LogP) is 3.64. The summed E-state index contributed by atoms with van der Waals surface area (Å²) < 4.78 is 0. The summed E-state index contributed by atoms with van der Waals surface area (Å²) in [5.41, 5.74) is 2.14. The number of aromatic carboxylic acids is 1. The van der Waals surface area contributed by atoms with Crippen LogP contribution in [0, 0.1) is 0 Å². The lowest BCUT2D eigenvalue weighted by Crippen LogP contribution is -2.29. The fourth-order valence-corrected chi connectivity index (χ4v) is 3.54. The van der Waals surface area contributed by atoms with Crippen LogP contribution >= 0.6 is 11.8 Å². The lowest BCUT2D eigenvalue weighted by Gasteiger charge is -2.17. The Morgan fingerprint density at radius 3 is 2.54 bits per heavy atom. The Bertz CT molecular complexity index is 728. The monoisotopic (exact) mass is 341 g/mol. The molecule has 0 bridgehead atoms. The lowest BCUT2D eigenvalue weighted by molar-refractivity contribution is -0.120. The molecule has 3 rings (SSSR count). The predicted molar refractivity (Wildman–Crippen MR) is 95.0 cm³/mol. The first-order valence-corrected chi connectivity index (χ1v) is 8.97. The third-order valence-electron chi connectivity index (χ3n) is 3.85. The zero-order valence-electron chi connectivity index (χ0n) is 13.1. The number of nitrogens with one attached hydrogen (secondary N) is 1. The van der Waals surface area contributed by atoms with Gasteiger partial charge in [-0.15, -0.1) is 11.8 Å². The van der Waals surface area contributed by atoms with Gasteiger partial charge in [0.2, 0.25) is 5.91 Å². The van der Waals surface area contributed by atoms with Crippen LogP contribution < -0.4 is 5.32 Å². The molecule has 1 aliphatic rings. The van der Waals surface area contributed by atoms with E-state index in [9.17, 15) is 9.59 Å². The van der Waals surface area contributed by atoms with Crippen molar-refractivity contribution in [3.8, 4) is 0 Å². The van der Waals surface area contributed by atoms with E-state index in [2.05, 4.69) is 5.32 Å². The molecule has 5 heteroatoms. The number of carbonyl (C=O) groups excluding carboxylic acids is 1. The van der Waals surface area contributed by atoms with Gasteiger partial charge in [0.25, 0.3) is 0 Å². The summed E-state index contributed by atoms with van der Waals surface area (Å²) >= 11 is 1.52. The zero-order valence-corrected chi connectivity index (χ0v) is 14.0. The van der Waals surface area contributed by atoms with Crippen LogP contribution in [0.3, 0.4) is 0 Å². The van der Waals surface area contributed by atoms with Crippen molar-refractivity contribution in [3.63, 3.8) is 0 Å². The standard InChI is InChI=1S/C19H19NO3S/c21-18(20-16-9-10-16)17(14-6-2-1-3-7-14)24-12-13-5-4-8-15(11-13)19(22)23/h1-8,11,16-17H,9-10,12H2,(H,20,21)(H,22,23). The quantitative estimate of drug-likeness (QED) is 0.807. The minimum absolute atomic E-state index is 0.0306. The van der Waals surface area contributed by atoms with E-state index in [0.29, 0.717) is 11.8 Å². The largest absolute Gasteiger partial charge is 0.478 e. The van der Waals surface area contributed by atoms with Crippen molar-refractivity contribution in [1.29, 1.82) is 0 Å². The van der Waals surface area contributed by atoms with E-state index in [4.69, 9.17) is 5.11 Å². The number of hydrogen-bond acceptors (Lipinski definition) is 3. The third kappa shape index (κ3) is 4.38. The molecule has 4 nitrogen and oxygen atoms in total. The molecule has 0 aliphatic heterocycles. The molecular weight excluding hydrogens is 322 g/mol. The highest BCUT2D eigenvalue weighted by atomic mass is 32.2. The van der Waals surface area contributed by atoms with Crippen LogP contribution in [0.15, 0.2) is 54.6 Å². The van der Waals surface area contributed by atoms with Crippen LogP contribution in [-0.4, -0.2) is 23.0 Å². The van der Waals surface area contributed by atoms with Crippen molar-refractivity contribution in [3.05, 3.63) is 71.3 Å². The fraction of sp³-hybridized carbons (Fsp3) is 0.263. The highest BCUT2D eigenvalue weighted by molar-refractivity contribution is 7.99. The van der Waals surface area contributed by atoms with Crippen molar-refractivity contribution in [2.75, 3.05) is 0 Å². The van der Waals surface area contributed by atoms with Crippen LogP contribution in [-0.2, 0) is 10.5 Å². The average molecular weight is 341 g/mol. The highest BCUT2D eigenvalue weighted by Gasteiger charge is 2.28. The summed E-state index contributed by atoms with van der Waals surface area (Å²) in [7, 11) is 0. The molecule has 2 aromatic rings. The first-order chi connectivity index (χ1) is 11.6. The molecule has 24 heavy (non-hydrogen) atoms. The Balaban J connectivity index is 1.72. The second kappa shape index (κ2) is 7.53. The minimum Gasteiger partial charge on any atom is -0.478 e. The second-order valence-electron chi connectivity index (χ2n) is 5.89. The average Bonchev–Trinajstić information content (AvgIpc) is 3.40. The Hall–Kier alpha value is -2.27. The van der Waals surface area contributed by atoms with Gasteiger partial charge >= 0.3 is 5.97 Å². The number of thioether (sulfide) groups is 1. The van der Waals surface area contributed by atoms with Gasteiger partial charge in [-0.05, 0) is 36.1 Å². The van der Waals surface area contributed by atoms with Gasteiger partial charge in [0.05, 0.1) is 5.56 Å². The second-order valence-corrected chi connectivity index (χ2v) is 6.98. The van der Waals surface area contributed by atoms with Gasteiger partial charge in [-0.25, -0.2) is 4.79 Å². The number of rotatable bonds is 7. The van der Waals surface area contributed by atoms with Crippen LogP contribution in [0.4, 0.5) is 0 Å². The smallest absolute Gasteiger partial charge is 0.335 e. The van der Waals surface area contributed by atoms with E-state index < -0.39 is 5.97 Å². The van der Waals surface area contributed by atoms with E-state index in [-0.39, 0.29) is 16.7 Å². The number of amides is 1. The van der Waals surface area contributed by atoms with Crippen molar-refractivity contribution in [2.24, 2.45) is 0 Å². The van der Waals surface area contributed by atoms with Crippen LogP contribution in [0.5, 0.6) is 0 Å². The van der Waals surface area contributed by atoms with Gasteiger partial charge in [-0.1, -0.05) is 42.5 Å². The van der Waals surface area contributed by atoms with Crippen molar-refractivity contribution >= 4 is 23.6 Å². The molecule has 2 N–H and O–H groups in total. The van der Waals surface area contributed by atoms with Crippen LogP contribution in [0.1, 0.15) is 39.6 Å². The molecule has 0 radical (unpaired) electrons. The number of hydrogen-bond donors (Lipinski definition) is 2. The SMILES string of the molecule is O=C(O)c1cccc(CSC(C(=O)NC2CC2)c2ccccc2)c1. The highest BCUT2D eigenvalue weighted by Crippen LogP contribution is 2.33. The van der Waals surface area contributed by atoms with Gasteiger partial charge in [0.1, 0.15) is 5.25 Å². The number of carboxylic acid groups (broad SMARTS) is 1. The van der Waals surface area contributed by atoms with Gasteiger partial charge in [0, 0.05) is 11.8 Å². The molecule has 1 fully saturated rings. The van der Waals surface area contributed by atoms with Crippen LogP contribution in [0.25, 0.3) is 0 Å². The first-order valence-electron chi connectivity index (χ1n) is 7.92. The van der Waals surface area contributed by atoms with E-state index in [1.165, 1.54) is 11.8 Å². The molecule has 124 valence electrons. The van der Waals surface area contributed by atoms with Crippen molar-refractivity contribution in [2.45, 2.75) is 29.9 Å². The molecule has 0 spiro atoms. The molecule has 2 aromatic carbocycles. The van der Waals surface area contributed by atoms with Gasteiger partial charge in [-0.3, -0.25) is 4.79 Å². The maximum absolute atomic E-state index is 12.6. The number of carbonyl (C=O) groups is 2. The molecule has 1 saturated carbocycles.